The summed E-state index contributed by atoms with van der Waals surface area (Å²) in [6.45, 7) is 8.14. The van der Waals surface area contributed by atoms with Crippen molar-refractivity contribution in [1.82, 2.24) is 0 Å². The van der Waals surface area contributed by atoms with Crippen LogP contribution in [0.4, 0.5) is 0 Å². The summed E-state index contributed by atoms with van der Waals surface area (Å²) in [5.74, 6) is 0. The maximum atomic E-state index is 3.72. The van der Waals surface area contributed by atoms with Gasteiger partial charge >= 0.3 is 0 Å². The van der Waals surface area contributed by atoms with Gasteiger partial charge in [0.1, 0.15) is 0 Å². The van der Waals surface area contributed by atoms with Crippen LogP contribution in [0.3, 0.4) is 0 Å². The van der Waals surface area contributed by atoms with Crippen LogP contribution < -0.4 is 0 Å². The normalized spacial score (nSPS) is 12.6. The molecule has 1 aromatic carbocycles. The van der Waals surface area contributed by atoms with E-state index in [-0.39, 0.29) is 0 Å². The molecule has 0 aliphatic carbocycles. The highest BCUT2D eigenvalue weighted by Gasteiger charge is 2.01. The Bertz CT molecular complexity index is 380. The molecule has 0 spiro atoms. The van der Waals surface area contributed by atoms with Crippen LogP contribution in [0, 0.1) is 0 Å². The zero-order chi connectivity index (χ0) is 11.8. The van der Waals surface area contributed by atoms with E-state index in [9.17, 15) is 0 Å². The minimum atomic E-state index is 1.14. The Kier molecular flexibility index (Phi) is 5.35. The van der Waals surface area contributed by atoms with Crippen LogP contribution in [0.15, 0.2) is 60.7 Å². The minimum Gasteiger partial charge on any atom is -0.0991 e. The highest BCUT2D eigenvalue weighted by Crippen LogP contribution is 2.22. The number of hydrogen-bond donors (Lipinski definition) is 0. The van der Waals surface area contributed by atoms with Gasteiger partial charge in [-0.05, 0) is 24.5 Å². The van der Waals surface area contributed by atoms with Gasteiger partial charge in [0.15, 0.2) is 0 Å². The highest BCUT2D eigenvalue weighted by molar-refractivity contribution is 5.76. The summed E-state index contributed by atoms with van der Waals surface area (Å²) < 4.78 is 0. The average Bonchev–Trinajstić information content (AvgIpc) is 2.31. The van der Waals surface area contributed by atoms with Crippen molar-refractivity contribution < 1.29 is 0 Å². The number of rotatable bonds is 5. The molecule has 0 aliphatic heterocycles. The summed E-state index contributed by atoms with van der Waals surface area (Å²) >= 11 is 0. The molecule has 0 saturated carbocycles. The van der Waals surface area contributed by atoms with Gasteiger partial charge in [0.25, 0.3) is 0 Å². The molecular formula is C16H20. The predicted molar refractivity (Wildman–Crippen MR) is 73.3 cm³/mol. The van der Waals surface area contributed by atoms with E-state index in [1.54, 1.807) is 0 Å². The van der Waals surface area contributed by atoms with Gasteiger partial charge in [-0.3, -0.25) is 0 Å². The lowest BCUT2D eigenvalue weighted by atomic mass is 9.97. The van der Waals surface area contributed by atoms with E-state index >= 15 is 0 Å². The molecule has 0 atom stereocenters. The molecule has 0 N–H and O–H groups in total. The lowest BCUT2D eigenvalue weighted by molar-refractivity contribution is 0.908. The third-order valence-electron chi connectivity index (χ3n) is 2.57. The molecule has 0 saturated heterocycles. The van der Waals surface area contributed by atoms with Crippen molar-refractivity contribution in [2.45, 2.75) is 26.7 Å². The Morgan fingerprint density at radius 2 is 1.94 bits per heavy atom. The fourth-order valence-electron chi connectivity index (χ4n) is 1.78. The van der Waals surface area contributed by atoms with Gasteiger partial charge in [-0.1, -0.05) is 74.1 Å². The van der Waals surface area contributed by atoms with Gasteiger partial charge in [0, 0.05) is 0 Å². The molecule has 0 radical (unpaired) electrons. The second kappa shape index (κ2) is 6.84. The first-order chi connectivity index (χ1) is 7.79. The van der Waals surface area contributed by atoms with E-state index in [1.165, 1.54) is 23.1 Å². The number of hydrogen-bond acceptors (Lipinski definition) is 0. The van der Waals surface area contributed by atoms with Gasteiger partial charge in [-0.15, -0.1) is 0 Å². The Balaban J connectivity index is 3.10. The van der Waals surface area contributed by atoms with Crippen molar-refractivity contribution in [3.8, 4) is 0 Å². The summed E-state index contributed by atoms with van der Waals surface area (Å²) in [5.41, 5.74) is 4.04. The molecule has 0 heterocycles. The zero-order valence-electron chi connectivity index (χ0n) is 10.2. The van der Waals surface area contributed by atoms with Crippen LogP contribution >= 0.6 is 0 Å². The topological polar surface area (TPSA) is 0 Å². The lowest BCUT2D eigenvalue weighted by Gasteiger charge is -2.08. The number of allylic oxidation sites excluding steroid dienone is 5. The maximum absolute atomic E-state index is 3.72. The van der Waals surface area contributed by atoms with E-state index in [1.807, 2.05) is 18.2 Å². The van der Waals surface area contributed by atoms with Gasteiger partial charge in [0.2, 0.25) is 0 Å². The second-order valence-corrected chi connectivity index (χ2v) is 3.90. The zero-order valence-corrected chi connectivity index (χ0v) is 10.2. The molecule has 0 bridgehead atoms. The van der Waals surface area contributed by atoms with E-state index in [0.29, 0.717) is 0 Å². The fourth-order valence-corrected chi connectivity index (χ4v) is 1.78. The Morgan fingerprint density at radius 1 is 1.25 bits per heavy atom. The Hall–Kier alpha value is -1.56. The molecular weight excluding hydrogens is 192 g/mol. The van der Waals surface area contributed by atoms with Crippen molar-refractivity contribution in [2.24, 2.45) is 0 Å². The van der Waals surface area contributed by atoms with Crippen molar-refractivity contribution >= 4 is 5.57 Å². The summed E-state index contributed by atoms with van der Waals surface area (Å²) in [7, 11) is 0. The summed E-state index contributed by atoms with van der Waals surface area (Å²) in [6.07, 6.45) is 8.30. The van der Waals surface area contributed by atoms with Crippen LogP contribution in [0.25, 0.3) is 5.57 Å². The first kappa shape index (κ1) is 12.5. The van der Waals surface area contributed by atoms with Crippen LogP contribution in [0.2, 0.25) is 0 Å². The van der Waals surface area contributed by atoms with Crippen molar-refractivity contribution in [2.75, 3.05) is 0 Å². The third-order valence-corrected chi connectivity index (χ3v) is 2.57. The quantitative estimate of drug-likeness (QED) is 0.602. The smallest absolute Gasteiger partial charge is 0.0185 e. The van der Waals surface area contributed by atoms with Gasteiger partial charge in [-0.2, -0.15) is 0 Å². The van der Waals surface area contributed by atoms with Crippen LogP contribution in [-0.4, -0.2) is 0 Å². The molecule has 0 aliphatic rings. The SMILES string of the molecule is C=CC=CC(=C(C)CCC)c1ccccc1. The van der Waals surface area contributed by atoms with E-state index in [0.717, 1.165) is 6.42 Å². The van der Waals surface area contributed by atoms with Crippen molar-refractivity contribution in [3.05, 3.63) is 66.3 Å². The monoisotopic (exact) mass is 212 g/mol. The maximum Gasteiger partial charge on any atom is -0.0185 e. The van der Waals surface area contributed by atoms with Crippen LogP contribution in [0.1, 0.15) is 32.3 Å². The van der Waals surface area contributed by atoms with Crippen molar-refractivity contribution in [3.63, 3.8) is 0 Å². The minimum absolute atomic E-state index is 1.14. The second-order valence-electron chi connectivity index (χ2n) is 3.90. The molecule has 0 fully saturated rings. The van der Waals surface area contributed by atoms with Crippen LogP contribution in [0.5, 0.6) is 0 Å². The molecule has 0 nitrogen and oxygen atoms in total. The standard InChI is InChI=1S/C16H20/c1-4-6-13-16(14(3)10-5-2)15-11-8-7-9-12-15/h4,6-9,11-13H,1,5,10H2,2-3H3. The summed E-state index contributed by atoms with van der Waals surface area (Å²) in [6, 6.07) is 10.5. The predicted octanol–water partition coefficient (Wildman–Crippen LogP) is 5.00. The van der Waals surface area contributed by atoms with E-state index < -0.39 is 0 Å². The molecule has 0 heteroatoms. The average molecular weight is 212 g/mol. The van der Waals surface area contributed by atoms with Crippen molar-refractivity contribution in [1.29, 1.82) is 0 Å². The largest absolute Gasteiger partial charge is 0.0991 e. The molecule has 0 unspecified atom stereocenters. The Morgan fingerprint density at radius 3 is 2.50 bits per heavy atom. The van der Waals surface area contributed by atoms with Gasteiger partial charge in [-0.25, -0.2) is 0 Å². The molecule has 16 heavy (non-hydrogen) atoms. The number of benzene rings is 1. The molecule has 0 aromatic heterocycles. The molecule has 1 rings (SSSR count). The summed E-state index contributed by atoms with van der Waals surface area (Å²) in [5, 5.41) is 0. The van der Waals surface area contributed by atoms with Gasteiger partial charge in [0.05, 0.1) is 0 Å². The van der Waals surface area contributed by atoms with E-state index in [4.69, 9.17) is 0 Å². The highest BCUT2D eigenvalue weighted by atomic mass is 14.1. The lowest BCUT2D eigenvalue weighted by Crippen LogP contribution is -1.86. The van der Waals surface area contributed by atoms with Crippen LogP contribution in [-0.2, 0) is 0 Å². The fraction of sp³-hybridized carbons (Fsp3) is 0.250. The summed E-state index contributed by atoms with van der Waals surface area (Å²) in [4.78, 5) is 0. The first-order valence-electron chi connectivity index (χ1n) is 5.83. The molecule has 0 amide bonds. The van der Waals surface area contributed by atoms with Gasteiger partial charge < -0.3 is 0 Å². The first-order valence-corrected chi connectivity index (χ1v) is 5.83. The molecule has 84 valence electrons. The molecule has 1 aromatic rings. The van der Waals surface area contributed by atoms with E-state index in [2.05, 4.69) is 50.8 Å². The Labute approximate surface area is 99.0 Å². The third kappa shape index (κ3) is 3.54.